The van der Waals surface area contributed by atoms with E-state index in [9.17, 15) is 0 Å². The molecule has 2 fully saturated rings. The molecule has 1 saturated carbocycles. The number of likely N-dealkylation sites (tertiary alicyclic amines) is 1. The fourth-order valence-electron chi connectivity index (χ4n) is 4.45. The van der Waals surface area contributed by atoms with Crippen molar-refractivity contribution in [2.75, 3.05) is 26.7 Å². The molecule has 0 radical (unpaired) electrons. The Bertz CT molecular complexity index is 305. The Morgan fingerprint density at radius 1 is 1.19 bits per heavy atom. The van der Waals surface area contributed by atoms with E-state index < -0.39 is 0 Å². The molecule has 0 aromatic carbocycles. The van der Waals surface area contributed by atoms with E-state index in [4.69, 9.17) is 0 Å². The van der Waals surface area contributed by atoms with Gasteiger partial charge in [0.25, 0.3) is 0 Å². The predicted molar refractivity (Wildman–Crippen MR) is 92.6 cm³/mol. The van der Waals surface area contributed by atoms with Crippen molar-refractivity contribution in [3.63, 3.8) is 0 Å². The third-order valence-corrected chi connectivity index (χ3v) is 6.75. The van der Waals surface area contributed by atoms with Crippen LogP contribution in [-0.2, 0) is 0 Å². The van der Waals surface area contributed by atoms with E-state index in [0.29, 0.717) is 5.41 Å². The van der Waals surface area contributed by atoms with Crippen molar-refractivity contribution < 1.29 is 0 Å². The van der Waals surface area contributed by atoms with Crippen LogP contribution in [0.15, 0.2) is 0 Å². The molecule has 3 atom stereocenters. The largest absolute Gasteiger partial charge is 0.317 e. The molecular formula is C19H38N2. The van der Waals surface area contributed by atoms with E-state index in [-0.39, 0.29) is 0 Å². The summed E-state index contributed by atoms with van der Waals surface area (Å²) in [5.74, 6) is 2.67. The van der Waals surface area contributed by atoms with E-state index in [2.05, 4.69) is 45.0 Å². The zero-order valence-corrected chi connectivity index (χ0v) is 15.1. The van der Waals surface area contributed by atoms with Crippen LogP contribution in [0.1, 0.15) is 66.2 Å². The number of hydrogen-bond acceptors (Lipinski definition) is 2. The lowest BCUT2D eigenvalue weighted by Gasteiger charge is -2.44. The molecule has 0 aromatic heterocycles. The molecule has 0 spiro atoms. The number of piperidine rings is 1. The van der Waals surface area contributed by atoms with Gasteiger partial charge in [0, 0.05) is 12.6 Å². The lowest BCUT2D eigenvalue weighted by Crippen LogP contribution is -2.48. The van der Waals surface area contributed by atoms with Gasteiger partial charge in [-0.3, -0.25) is 0 Å². The quantitative estimate of drug-likeness (QED) is 0.819. The monoisotopic (exact) mass is 294 g/mol. The summed E-state index contributed by atoms with van der Waals surface area (Å²) in [4.78, 5) is 2.76. The standard InChI is InChI=1S/C19H38N2/c1-6-19(4)9-11-21(12-10-19)14-17-13-16(15(2)3)7-8-18(17)20-5/h15-18,20H,6-14H2,1-5H3. The lowest BCUT2D eigenvalue weighted by atomic mass is 9.73. The second kappa shape index (κ2) is 7.46. The fraction of sp³-hybridized carbons (Fsp3) is 1.00. The van der Waals surface area contributed by atoms with Crippen LogP contribution in [0.5, 0.6) is 0 Å². The van der Waals surface area contributed by atoms with Crippen molar-refractivity contribution in [2.45, 2.75) is 72.3 Å². The van der Waals surface area contributed by atoms with Crippen LogP contribution < -0.4 is 5.32 Å². The summed E-state index contributed by atoms with van der Waals surface area (Å²) >= 11 is 0. The molecule has 2 heteroatoms. The molecule has 2 aliphatic rings. The highest BCUT2D eigenvalue weighted by molar-refractivity contribution is 4.89. The topological polar surface area (TPSA) is 15.3 Å². The van der Waals surface area contributed by atoms with E-state index in [1.165, 1.54) is 58.2 Å². The van der Waals surface area contributed by atoms with Crippen LogP contribution in [0.4, 0.5) is 0 Å². The van der Waals surface area contributed by atoms with Gasteiger partial charge in [-0.1, -0.05) is 34.1 Å². The Morgan fingerprint density at radius 3 is 2.38 bits per heavy atom. The van der Waals surface area contributed by atoms with Crippen molar-refractivity contribution in [1.29, 1.82) is 0 Å². The number of rotatable bonds is 5. The third-order valence-electron chi connectivity index (χ3n) is 6.75. The van der Waals surface area contributed by atoms with Crippen LogP contribution in [0.25, 0.3) is 0 Å². The van der Waals surface area contributed by atoms with E-state index in [1.54, 1.807) is 0 Å². The van der Waals surface area contributed by atoms with Gasteiger partial charge in [-0.05, 0) is 75.4 Å². The third kappa shape index (κ3) is 4.45. The summed E-state index contributed by atoms with van der Waals surface area (Å²) in [6.07, 6.45) is 8.38. The van der Waals surface area contributed by atoms with Gasteiger partial charge in [-0.2, -0.15) is 0 Å². The highest BCUT2D eigenvalue weighted by Gasteiger charge is 2.34. The first-order chi connectivity index (χ1) is 9.97. The Morgan fingerprint density at radius 2 is 1.86 bits per heavy atom. The van der Waals surface area contributed by atoms with E-state index in [0.717, 1.165) is 23.8 Å². The van der Waals surface area contributed by atoms with E-state index >= 15 is 0 Å². The number of nitrogens with one attached hydrogen (secondary N) is 1. The Labute approximate surface area is 133 Å². The molecule has 3 unspecified atom stereocenters. The average molecular weight is 295 g/mol. The molecule has 0 aromatic rings. The molecule has 1 saturated heterocycles. The van der Waals surface area contributed by atoms with Gasteiger partial charge in [-0.15, -0.1) is 0 Å². The molecule has 0 bridgehead atoms. The van der Waals surface area contributed by atoms with Crippen LogP contribution in [-0.4, -0.2) is 37.6 Å². The molecule has 1 aliphatic carbocycles. The fourth-order valence-corrected chi connectivity index (χ4v) is 4.45. The first kappa shape index (κ1) is 17.3. The van der Waals surface area contributed by atoms with Gasteiger partial charge in [-0.25, -0.2) is 0 Å². The maximum atomic E-state index is 3.60. The van der Waals surface area contributed by atoms with Crippen LogP contribution in [0.2, 0.25) is 0 Å². The summed E-state index contributed by atoms with van der Waals surface area (Å²) in [6.45, 7) is 13.6. The molecule has 2 rings (SSSR count). The Kier molecular flexibility index (Phi) is 6.14. The highest BCUT2D eigenvalue weighted by atomic mass is 15.1. The molecule has 124 valence electrons. The maximum Gasteiger partial charge on any atom is 0.0105 e. The van der Waals surface area contributed by atoms with Gasteiger partial charge in [0.05, 0.1) is 0 Å². The second-order valence-corrected chi connectivity index (χ2v) is 8.44. The normalized spacial score (nSPS) is 34.3. The van der Waals surface area contributed by atoms with Gasteiger partial charge in [0.2, 0.25) is 0 Å². The van der Waals surface area contributed by atoms with Crippen LogP contribution in [0, 0.1) is 23.2 Å². The molecule has 1 heterocycles. The molecule has 21 heavy (non-hydrogen) atoms. The van der Waals surface area contributed by atoms with Crippen molar-refractivity contribution in [1.82, 2.24) is 10.2 Å². The van der Waals surface area contributed by atoms with Crippen molar-refractivity contribution >= 4 is 0 Å². The van der Waals surface area contributed by atoms with Crippen molar-refractivity contribution in [3.05, 3.63) is 0 Å². The predicted octanol–water partition coefficient (Wildman–Crippen LogP) is 4.16. The minimum atomic E-state index is 0.617. The second-order valence-electron chi connectivity index (χ2n) is 8.44. The van der Waals surface area contributed by atoms with Gasteiger partial charge in [0.15, 0.2) is 0 Å². The summed E-state index contributed by atoms with van der Waals surface area (Å²) in [5.41, 5.74) is 0.617. The zero-order valence-electron chi connectivity index (χ0n) is 15.1. The van der Waals surface area contributed by atoms with Crippen molar-refractivity contribution in [3.8, 4) is 0 Å². The van der Waals surface area contributed by atoms with Gasteiger partial charge < -0.3 is 10.2 Å². The lowest BCUT2D eigenvalue weighted by molar-refractivity contribution is 0.0728. The SMILES string of the molecule is CCC1(C)CCN(CC2CC(C(C)C)CCC2NC)CC1. The highest BCUT2D eigenvalue weighted by Crippen LogP contribution is 2.37. The minimum absolute atomic E-state index is 0.617. The first-order valence-electron chi connectivity index (χ1n) is 9.37. The molecule has 1 N–H and O–H groups in total. The average Bonchev–Trinajstić information content (AvgIpc) is 2.49. The Balaban J connectivity index is 1.87. The summed E-state index contributed by atoms with van der Waals surface area (Å²) in [6, 6.07) is 0.750. The zero-order chi connectivity index (χ0) is 15.5. The smallest absolute Gasteiger partial charge is 0.0105 e. The molecule has 2 nitrogen and oxygen atoms in total. The Hall–Kier alpha value is -0.0800. The van der Waals surface area contributed by atoms with Crippen molar-refractivity contribution in [2.24, 2.45) is 23.2 Å². The van der Waals surface area contributed by atoms with Gasteiger partial charge >= 0.3 is 0 Å². The van der Waals surface area contributed by atoms with Crippen LogP contribution in [0.3, 0.4) is 0 Å². The molecule has 1 aliphatic heterocycles. The summed E-state index contributed by atoms with van der Waals surface area (Å²) in [5, 5.41) is 3.60. The minimum Gasteiger partial charge on any atom is -0.317 e. The summed E-state index contributed by atoms with van der Waals surface area (Å²) in [7, 11) is 2.16. The molecular weight excluding hydrogens is 256 g/mol. The molecule has 0 amide bonds. The summed E-state index contributed by atoms with van der Waals surface area (Å²) < 4.78 is 0. The first-order valence-corrected chi connectivity index (χ1v) is 9.37. The van der Waals surface area contributed by atoms with E-state index in [1.807, 2.05) is 0 Å². The van der Waals surface area contributed by atoms with Gasteiger partial charge in [0.1, 0.15) is 0 Å². The maximum absolute atomic E-state index is 3.60. The number of hydrogen-bond donors (Lipinski definition) is 1. The number of nitrogens with zero attached hydrogens (tertiary/aromatic N) is 1. The van der Waals surface area contributed by atoms with Crippen LogP contribution >= 0.6 is 0 Å².